The number of carbonyl (C=O) groups is 4. The molecule has 0 spiro atoms. The summed E-state index contributed by atoms with van der Waals surface area (Å²) < 4.78 is 9.87. The molecule has 53 heavy (non-hydrogen) atoms. The largest absolute Gasteiger partial charge is 0.428 e. The van der Waals surface area contributed by atoms with Gasteiger partial charge in [0.25, 0.3) is 0 Å². The van der Waals surface area contributed by atoms with Gasteiger partial charge in [-0.3, -0.25) is 14.4 Å². The molecule has 9 heteroatoms. The van der Waals surface area contributed by atoms with Crippen molar-refractivity contribution >= 4 is 35.5 Å². The molecule has 2 aliphatic heterocycles. The van der Waals surface area contributed by atoms with Crippen molar-refractivity contribution in [3.8, 4) is 0 Å². The summed E-state index contributed by atoms with van der Waals surface area (Å²) in [5.74, 6) is -1.65. The second-order valence-corrected chi connectivity index (χ2v) is 17.0. The van der Waals surface area contributed by atoms with Crippen molar-refractivity contribution in [2.75, 3.05) is 6.79 Å². The molecule has 1 aromatic carbocycles. The van der Waals surface area contributed by atoms with Gasteiger partial charge in [0, 0.05) is 11.2 Å². The van der Waals surface area contributed by atoms with Crippen molar-refractivity contribution in [2.45, 2.75) is 148 Å². The number of esters is 2. The predicted molar refractivity (Wildman–Crippen MR) is 216 cm³/mol. The number of nitrogens with one attached hydrogen (secondary N) is 1. The molecule has 2 amide bonds. The Labute approximate surface area is 322 Å². The van der Waals surface area contributed by atoms with Gasteiger partial charge in [-0.1, -0.05) is 88.6 Å². The number of benzene rings is 1. The van der Waals surface area contributed by atoms with Gasteiger partial charge in [0.1, 0.15) is 17.5 Å². The lowest BCUT2D eigenvalue weighted by Crippen LogP contribution is -2.70. The monoisotopic (exact) mass is 746 g/mol. The van der Waals surface area contributed by atoms with Crippen molar-refractivity contribution in [2.24, 2.45) is 0 Å². The van der Waals surface area contributed by atoms with Crippen molar-refractivity contribution in [3.05, 3.63) is 94.1 Å². The van der Waals surface area contributed by atoms with Crippen LogP contribution in [0.1, 0.15) is 125 Å². The molecule has 1 N–H and O–H groups in total. The van der Waals surface area contributed by atoms with E-state index < -0.39 is 35.6 Å². The van der Waals surface area contributed by atoms with E-state index in [4.69, 9.17) is 9.47 Å². The molecule has 8 nitrogen and oxygen atoms in total. The Hall–Kier alpha value is -3.85. The Morgan fingerprint density at radius 3 is 1.83 bits per heavy atom. The van der Waals surface area contributed by atoms with Crippen LogP contribution < -0.4 is 5.32 Å². The number of nitrogens with zero attached hydrogens (tertiary/aromatic N) is 1. The zero-order chi connectivity index (χ0) is 39.0. The van der Waals surface area contributed by atoms with Gasteiger partial charge in [-0.2, -0.15) is 0 Å². The fourth-order valence-electron chi connectivity index (χ4n) is 6.48. The van der Waals surface area contributed by atoms with Crippen LogP contribution in [-0.2, 0) is 35.1 Å². The quantitative estimate of drug-likeness (QED) is 0.0440. The standard InChI is InChI=1S/C44H62N2O6S/c1-31(2)17-14-20-34(5)23-15-21-32(3)18-12-13-19-33(4)22-16-24-35(6)27-28-38(48)51-30-52-43(50)40-44(7,8)53-42-39(41(49)46(40)42)45-37(47)29-36-25-10-9-11-26-36/h9-11,17-19,23-26,39-40,42H,12-16,20-22,27-30H2,1-8H3,(H,45,47)/b32-18+,33-19+,34-23+,35-24+/t39-,40+,42-/m1/s1. The molecule has 2 saturated heterocycles. The maximum atomic E-state index is 13.1. The Balaban J connectivity index is 1.29. The normalized spacial score (nSPS) is 20.0. The summed E-state index contributed by atoms with van der Waals surface area (Å²) >= 11 is 1.45. The fourth-order valence-corrected chi connectivity index (χ4v) is 8.11. The number of allylic oxidation sites excluding steroid dienone is 10. The minimum absolute atomic E-state index is 0.170. The maximum Gasteiger partial charge on any atom is 0.333 e. The molecule has 3 rings (SSSR count). The van der Waals surface area contributed by atoms with E-state index in [0.717, 1.165) is 62.5 Å². The fraction of sp³-hybridized carbons (Fsp3) is 0.545. The number of hydrogen-bond acceptors (Lipinski definition) is 7. The zero-order valence-corrected chi connectivity index (χ0v) is 34.1. The molecule has 0 aliphatic carbocycles. The Morgan fingerprint density at radius 2 is 1.26 bits per heavy atom. The number of β-lactam (4-membered cyclic amide) rings is 1. The topological polar surface area (TPSA) is 102 Å². The molecular formula is C44H62N2O6S. The Morgan fingerprint density at radius 1 is 0.736 bits per heavy atom. The molecule has 0 unspecified atom stereocenters. The molecule has 0 radical (unpaired) electrons. The lowest BCUT2D eigenvalue weighted by atomic mass is 9.96. The summed E-state index contributed by atoms with van der Waals surface area (Å²) in [6, 6.07) is 7.77. The third kappa shape index (κ3) is 14.8. The molecule has 0 saturated carbocycles. The zero-order valence-electron chi connectivity index (χ0n) is 33.3. The van der Waals surface area contributed by atoms with Crippen LogP contribution in [0.2, 0.25) is 0 Å². The van der Waals surface area contributed by atoms with E-state index in [1.807, 2.05) is 51.1 Å². The minimum atomic E-state index is -0.848. The summed E-state index contributed by atoms with van der Waals surface area (Å²) in [4.78, 5) is 52.6. The number of hydrogen-bond donors (Lipinski definition) is 1. The highest BCUT2D eigenvalue weighted by Crippen LogP contribution is 2.51. The van der Waals surface area contributed by atoms with Crippen LogP contribution in [0.3, 0.4) is 0 Å². The van der Waals surface area contributed by atoms with Crippen molar-refractivity contribution in [1.29, 1.82) is 0 Å². The molecule has 2 heterocycles. The van der Waals surface area contributed by atoms with Gasteiger partial charge in [-0.25, -0.2) is 4.79 Å². The van der Waals surface area contributed by atoms with Crippen molar-refractivity contribution in [1.82, 2.24) is 10.2 Å². The van der Waals surface area contributed by atoms with Gasteiger partial charge in [0.15, 0.2) is 0 Å². The van der Waals surface area contributed by atoms with Crippen LogP contribution in [-0.4, -0.2) is 57.7 Å². The SMILES string of the molecule is CC(C)=CCC/C(C)=C/CC/C(C)=C/CC/C=C(\C)CC/C=C(\C)CCC(=O)OCOC(=O)[C@@H]1N2C(=O)[C@@H](NC(=O)Cc3ccccc3)[C@H]2SC1(C)C. The Kier molecular flexibility index (Phi) is 17.9. The first-order valence-corrected chi connectivity index (χ1v) is 20.0. The number of amides is 2. The predicted octanol–water partition coefficient (Wildman–Crippen LogP) is 9.47. The molecule has 3 atom stereocenters. The van der Waals surface area contributed by atoms with E-state index >= 15 is 0 Å². The van der Waals surface area contributed by atoms with Crippen molar-refractivity contribution < 1.29 is 28.7 Å². The molecule has 1 aromatic rings. The van der Waals surface area contributed by atoms with Gasteiger partial charge in [0.2, 0.25) is 18.6 Å². The first-order chi connectivity index (χ1) is 25.2. The van der Waals surface area contributed by atoms with Crippen LogP contribution in [0.4, 0.5) is 0 Å². The Bertz CT molecular complexity index is 1570. The summed E-state index contributed by atoms with van der Waals surface area (Å²) in [6.07, 6.45) is 21.0. The number of ether oxygens (including phenoxy) is 2. The highest BCUT2D eigenvalue weighted by atomic mass is 32.2. The lowest BCUT2D eigenvalue weighted by molar-refractivity contribution is -0.176. The van der Waals surface area contributed by atoms with E-state index in [9.17, 15) is 19.2 Å². The number of unbranched alkanes of at least 4 members (excludes halogenated alkanes) is 1. The van der Waals surface area contributed by atoms with Crippen LogP contribution in [0.25, 0.3) is 0 Å². The van der Waals surface area contributed by atoms with E-state index in [-0.39, 0.29) is 30.0 Å². The molecule has 2 aliphatic rings. The van der Waals surface area contributed by atoms with E-state index in [1.54, 1.807) is 0 Å². The maximum absolute atomic E-state index is 13.1. The molecule has 0 bridgehead atoms. The van der Waals surface area contributed by atoms with Crippen LogP contribution in [0, 0.1) is 0 Å². The van der Waals surface area contributed by atoms with Crippen molar-refractivity contribution in [3.63, 3.8) is 0 Å². The summed E-state index contributed by atoms with van der Waals surface area (Å²) in [7, 11) is 0. The molecular weight excluding hydrogens is 685 g/mol. The number of rotatable bonds is 21. The van der Waals surface area contributed by atoms with Gasteiger partial charge < -0.3 is 19.7 Å². The van der Waals surface area contributed by atoms with Crippen LogP contribution in [0.5, 0.6) is 0 Å². The first kappa shape index (κ1) is 43.6. The molecule has 290 valence electrons. The lowest BCUT2D eigenvalue weighted by Gasteiger charge is -2.43. The highest BCUT2D eigenvalue weighted by Gasteiger charge is 2.64. The van der Waals surface area contributed by atoms with Gasteiger partial charge in [0.05, 0.1) is 6.42 Å². The van der Waals surface area contributed by atoms with E-state index in [1.165, 1.54) is 39.0 Å². The highest BCUT2D eigenvalue weighted by molar-refractivity contribution is 8.01. The summed E-state index contributed by atoms with van der Waals surface area (Å²) in [6.45, 7) is 16.2. The van der Waals surface area contributed by atoms with E-state index in [2.05, 4.69) is 70.3 Å². The second-order valence-electron chi connectivity index (χ2n) is 15.2. The van der Waals surface area contributed by atoms with Crippen LogP contribution in [0.15, 0.2) is 88.6 Å². The number of fused-ring (bicyclic) bond motifs is 1. The minimum Gasteiger partial charge on any atom is -0.428 e. The van der Waals surface area contributed by atoms with Gasteiger partial charge in [-0.05, 0) is 119 Å². The number of carbonyl (C=O) groups excluding carboxylic acids is 4. The third-order valence-electron chi connectivity index (χ3n) is 9.64. The molecule has 2 fully saturated rings. The van der Waals surface area contributed by atoms with E-state index in [0.29, 0.717) is 6.42 Å². The summed E-state index contributed by atoms with van der Waals surface area (Å²) in [5.41, 5.74) is 7.66. The average molecular weight is 747 g/mol. The summed E-state index contributed by atoms with van der Waals surface area (Å²) in [5, 5.41) is 2.46. The van der Waals surface area contributed by atoms with Gasteiger partial charge in [-0.15, -0.1) is 11.8 Å². The average Bonchev–Trinajstić information content (AvgIpc) is 3.35. The van der Waals surface area contributed by atoms with Crippen LogP contribution >= 0.6 is 11.8 Å². The smallest absolute Gasteiger partial charge is 0.333 e. The molecule has 0 aromatic heterocycles. The first-order valence-electron chi connectivity index (χ1n) is 19.1. The third-order valence-corrected chi connectivity index (χ3v) is 11.2. The number of thioether (sulfide) groups is 1. The van der Waals surface area contributed by atoms with Gasteiger partial charge >= 0.3 is 11.9 Å². The second kappa shape index (κ2) is 21.8.